The third-order valence-electron chi connectivity index (χ3n) is 2.97. The van der Waals surface area contributed by atoms with Crippen LogP contribution in [0.25, 0.3) is 10.8 Å². The molecule has 0 aromatic heterocycles. The first-order chi connectivity index (χ1) is 7.54. The van der Waals surface area contributed by atoms with Crippen LogP contribution in [0.15, 0.2) is 36.4 Å². The molecule has 0 bridgehead atoms. The second-order valence-corrected chi connectivity index (χ2v) is 4.71. The van der Waals surface area contributed by atoms with Gasteiger partial charge in [0.05, 0.1) is 6.61 Å². The van der Waals surface area contributed by atoms with Crippen molar-refractivity contribution in [2.45, 2.75) is 19.3 Å². The SMILES string of the molecule is CC(C)(CO)c1cccc2ccc(F)cc12. The van der Waals surface area contributed by atoms with Gasteiger partial charge in [-0.25, -0.2) is 4.39 Å². The van der Waals surface area contributed by atoms with Crippen LogP contribution in [0.1, 0.15) is 19.4 Å². The Kier molecular flexibility index (Phi) is 2.68. The van der Waals surface area contributed by atoms with E-state index in [9.17, 15) is 9.50 Å². The molecule has 0 aliphatic carbocycles. The molecule has 0 fully saturated rings. The van der Waals surface area contributed by atoms with Gasteiger partial charge in [-0.05, 0) is 28.5 Å². The maximum absolute atomic E-state index is 13.2. The molecule has 2 rings (SSSR count). The molecule has 0 amide bonds. The van der Waals surface area contributed by atoms with E-state index < -0.39 is 0 Å². The third kappa shape index (κ3) is 1.81. The molecule has 0 saturated heterocycles. The fraction of sp³-hybridized carbons (Fsp3) is 0.286. The molecular formula is C14H15FO. The number of fused-ring (bicyclic) bond motifs is 1. The minimum absolute atomic E-state index is 0.0443. The van der Waals surface area contributed by atoms with Gasteiger partial charge in [0.2, 0.25) is 0 Å². The Morgan fingerprint density at radius 3 is 2.62 bits per heavy atom. The Labute approximate surface area is 94.5 Å². The summed E-state index contributed by atoms with van der Waals surface area (Å²) in [6.45, 7) is 3.95. The molecule has 0 radical (unpaired) electrons. The Bertz CT molecular complexity index is 517. The highest BCUT2D eigenvalue weighted by Crippen LogP contribution is 2.30. The lowest BCUT2D eigenvalue weighted by atomic mass is 9.82. The van der Waals surface area contributed by atoms with Crippen LogP contribution in [-0.4, -0.2) is 11.7 Å². The van der Waals surface area contributed by atoms with Crippen molar-refractivity contribution in [3.8, 4) is 0 Å². The van der Waals surface area contributed by atoms with Crippen LogP contribution in [0.4, 0.5) is 4.39 Å². The highest BCUT2D eigenvalue weighted by Gasteiger charge is 2.21. The van der Waals surface area contributed by atoms with Crippen molar-refractivity contribution in [1.29, 1.82) is 0 Å². The summed E-state index contributed by atoms with van der Waals surface area (Å²) < 4.78 is 13.2. The Morgan fingerprint density at radius 1 is 1.19 bits per heavy atom. The molecule has 1 N–H and O–H groups in total. The first-order valence-corrected chi connectivity index (χ1v) is 5.34. The molecule has 2 aromatic rings. The van der Waals surface area contributed by atoms with E-state index in [2.05, 4.69) is 0 Å². The average Bonchev–Trinajstić information content (AvgIpc) is 2.28. The van der Waals surface area contributed by atoms with Crippen LogP contribution >= 0.6 is 0 Å². The summed E-state index contributed by atoms with van der Waals surface area (Å²) in [5, 5.41) is 11.3. The van der Waals surface area contributed by atoms with Gasteiger partial charge in [0.25, 0.3) is 0 Å². The summed E-state index contributed by atoms with van der Waals surface area (Å²) in [4.78, 5) is 0. The zero-order valence-electron chi connectivity index (χ0n) is 9.50. The second kappa shape index (κ2) is 3.87. The van der Waals surface area contributed by atoms with Gasteiger partial charge in [0.15, 0.2) is 0 Å². The lowest BCUT2D eigenvalue weighted by molar-refractivity contribution is 0.219. The van der Waals surface area contributed by atoms with Crippen molar-refractivity contribution in [3.63, 3.8) is 0 Å². The smallest absolute Gasteiger partial charge is 0.123 e. The van der Waals surface area contributed by atoms with Crippen LogP contribution < -0.4 is 0 Å². The summed E-state index contributed by atoms with van der Waals surface area (Å²) >= 11 is 0. The Morgan fingerprint density at radius 2 is 1.94 bits per heavy atom. The molecule has 2 aromatic carbocycles. The number of aliphatic hydroxyl groups excluding tert-OH is 1. The summed E-state index contributed by atoms with van der Waals surface area (Å²) in [6.07, 6.45) is 0. The quantitative estimate of drug-likeness (QED) is 0.820. The first kappa shape index (κ1) is 11.1. The largest absolute Gasteiger partial charge is 0.395 e. The van der Waals surface area contributed by atoms with Gasteiger partial charge in [0, 0.05) is 5.41 Å². The third-order valence-corrected chi connectivity index (χ3v) is 2.97. The molecule has 16 heavy (non-hydrogen) atoms. The highest BCUT2D eigenvalue weighted by atomic mass is 19.1. The molecule has 0 spiro atoms. The molecule has 0 atom stereocenters. The number of aliphatic hydroxyl groups is 1. The fourth-order valence-corrected chi connectivity index (χ4v) is 1.92. The first-order valence-electron chi connectivity index (χ1n) is 5.34. The highest BCUT2D eigenvalue weighted by molar-refractivity contribution is 5.86. The number of benzene rings is 2. The summed E-state index contributed by atoms with van der Waals surface area (Å²) in [5.74, 6) is -0.242. The summed E-state index contributed by atoms with van der Waals surface area (Å²) in [6, 6.07) is 10.6. The lowest BCUT2D eigenvalue weighted by Crippen LogP contribution is -2.22. The van der Waals surface area contributed by atoms with Crippen molar-refractivity contribution >= 4 is 10.8 Å². The minimum atomic E-state index is -0.354. The number of hydrogen-bond donors (Lipinski definition) is 1. The normalized spacial score (nSPS) is 12.0. The zero-order valence-corrected chi connectivity index (χ0v) is 9.50. The van der Waals surface area contributed by atoms with E-state index >= 15 is 0 Å². The van der Waals surface area contributed by atoms with Crippen LogP contribution in [0.3, 0.4) is 0 Å². The van der Waals surface area contributed by atoms with Crippen molar-refractivity contribution in [1.82, 2.24) is 0 Å². The van der Waals surface area contributed by atoms with Crippen molar-refractivity contribution in [2.24, 2.45) is 0 Å². The van der Waals surface area contributed by atoms with Gasteiger partial charge in [-0.3, -0.25) is 0 Å². The van der Waals surface area contributed by atoms with Crippen molar-refractivity contribution in [3.05, 3.63) is 47.8 Å². The standard InChI is InChI=1S/C14H15FO/c1-14(2,9-16)13-5-3-4-10-6-7-11(15)8-12(10)13/h3-8,16H,9H2,1-2H3. The van der Waals surface area contributed by atoms with Gasteiger partial charge in [0.1, 0.15) is 5.82 Å². The molecule has 2 heteroatoms. The van der Waals surface area contributed by atoms with Crippen molar-refractivity contribution < 1.29 is 9.50 Å². The lowest BCUT2D eigenvalue weighted by Gasteiger charge is -2.24. The van der Waals surface area contributed by atoms with Gasteiger partial charge in [-0.15, -0.1) is 0 Å². The van der Waals surface area contributed by atoms with E-state index in [0.717, 1.165) is 16.3 Å². The molecule has 0 aliphatic heterocycles. The predicted octanol–water partition coefficient (Wildman–Crippen LogP) is 3.25. The molecule has 84 valence electrons. The zero-order chi connectivity index (χ0) is 11.8. The Hall–Kier alpha value is -1.41. The summed E-state index contributed by atoms with van der Waals surface area (Å²) in [7, 11) is 0. The second-order valence-electron chi connectivity index (χ2n) is 4.71. The molecule has 0 unspecified atom stereocenters. The van der Waals surface area contributed by atoms with Crippen LogP contribution in [-0.2, 0) is 5.41 Å². The number of halogens is 1. The number of rotatable bonds is 2. The maximum Gasteiger partial charge on any atom is 0.123 e. The van der Waals surface area contributed by atoms with E-state index in [-0.39, 0.29) is 17.8 Å². The molecular weight excluding hydrogens is 203 g/mol. The van der Waals surface area contributed by atoms with E-state index in [0.29, 0.717) is 0 Å². The van der Waals surface area contributed by atoms with Gasteiger partial charge < -0.3 is 5.11 Å². The van der Waals surface area contributed by atoms with Crippen molar-refractivity contribution in [2.75, 3.05) is 6.61 Å². The average molecular weight is 218 g/mol. The van der Waals surface area contributed by atoms with E-state index in [1.165, 1.54) is 12.1 Å². The van der Waals surface area contributed by atoms with E-state index in [1.807, 2.05) is 32.0 Å². The predicted molar refractivity (Wildman–Crippen MR) is 64.0 cm³/mol. The van der Waals surface area contributed by atoms with Gasteiger partial charge in [-0.2, -0.15) is 0 Å². The molecule has 1 nitrogen and oxygen atoms in total. The van der Waals surface area contributed by atoms with Crippen LogP contribution in [0, 0.1) is 5.82 Å². The minimum Gasteiger partial charge on any atom is -0.395 e. The van der Waals surface area contributed by atoms with E-state index in [4.69, 9.17) is 0 Å². The maximum atomic E-state index is 13.2. The van der Waals surface area contributed by atoms with Crippen LogP contribution in [0.2, 0.25) is 0 Å². The number of hydrogen-bond acceptors (Lipinski definition) is 1. The molecule has 0 saturated carbocycles. The van der Waals surface area contributed by atoms with Gasteiger partial charge >= 0.3 is 0 Å². The fourth-order valence-electron chi connectivity index (χ4n) is 1.92. The Balaban J connectivity index is 2.74. The monoisotopic (exact) mass is 218 g/mol. The van der Waals surface area contributed by atoms with E-state index in [1.54, 1.807) is 6.07 Å². The summed E-state index contributed by atoms with van der Waals surface area (Å²) in [5.41, 5.74) is 0.625. The topological polar surface area (TPSA) is 20.2 Å². The van der Waals surface area contributed by atoms with Crippen LogP contribution in [0.5, 0.6) is 0 Å². The molecule has 0 heterocycles. The molecule has 0 aliphatic rings. The van der Waals surface area contributed by atoms with Gasteiger partial charge in [-0.1, -0.05) is 38.1 Å².